The van der Waals surface area contributed by atoms with Gasteiger partial charge in [-0.15, -0.1) is 0 Å². The van der Waals surface area contributed by atoms with Crippen LogP contribution in [0.25, 0.3) is 0 Å². The smallest absolute Gasteiger partial charge is 0.321 e. The minimum absolute atomic E-state index is 0.430. The molecule has 13 heavy (non-hydrogen) atoms. The Morgan fingerprint density at radius 2 is 2.46 bits per heavy atom. The molecule has 1 heterocycles. The summed E-state index contributed by atoms with van der Waals surface area (Å²) in [6.07, 6.45) is 2.98. The number of hydrogen-bond donors (Lipinski definition) is 1. The van der Waals surface area contributed by atoms with Gasteiger partial charge < -0.3 is 5.11 Å². The Morgan fingerprint density at radius 1 is 1.77 bits per heavy atom. The van der Waals surface area contributed by atoms with Crippen molar-refractivity contribution < 1.29 is 14.7 Å². The Bertz CT molecular complexity index is 250. The van der Waals surface area contributed by atoms with Crippen LogP contribution < -0.4 is 0 Å². The summed E-state index contributed by atoms with van der Waals surface area (Å²) in [6.45, 7) is 2.51. The lowest BCUT2D eigenvalue weighted by molar-refractivity contribution is -0.146. The molecule has 0 radical (unpaired) electrons. The molecule has 0 aliphatic carbocycles. The van der Waals surface area contributed by atoms with Crippen LogP contribution >= 0.6 is 0 Å². The van der Waals surface area contributed by atoms with Crippen LogP contribution in [0, 0.1) is 5.92 Å². The minimum Gasteiger partial charge on any atom is -0.480 e. The van der Waals surface area contributed by atoms with E-state index < -0.39 is 17.8 Å². The normalized spacial score (nSPS) is 21.2. The van der Waals surface area contributed by atoms with E-state index in [4.69, 9.17) is 5.11 Å². The van der Waals surface area contributed by atoms with Crippen molar-refractivity contribution in [3.05, 3.63) is 0 Å². The van der Waals surface area contributed by atoms with Crippen LogP contribution in [0.3, 0.4) is 0 Å². The number of rotatable bonds is 4. The zero-order valence-electron chi connectivity index (χ0n) is 7.43. The third-order valence-electron chi connectivity index (χ3n) is 1.87. The number of carbonyl (C=O) groups is 2. The van der Waals surface area contributed by atoms with Gasteiger partial charge in [0.1, 0.15) is 0 Å². The molecule has 1 aliphatic rings. The molecule has 1 aliphatic heterocycles. The van der Waals surface area contributed by atoms with Crippen molar-refractivity contribution in [2.75, 3.05) is 6.54 Å². The van der Waals surface area contributed by atoms with Gasteiger partial charge in [-0.3, -0.25) is 9.59 Å². The lowest BCUT2D eigenvalue weighted by atomic mass is 10.1. The molecule has 0 spiro atoms. The number of carbonyl (C=O) groups excluding carboxylic acids is 1. The molecule has 5 nitrogen and oxygen atoms in total. The predicted octanol–water partition coefficient (Wildman–Crippen LogP) is 0.315. The van der Waals surface area contributed by atoms with Crippen molar-refractivity contribution in [3.63, 3.8) is 0 Å². The van der Waals surface area contributed by atoms with E-state index in [-0.39, 0.29) is 0 Å². The monoisotopic (exact) mass is 184 g/mol. The third kappa shape index (κ3) is 2.05. The van der Waals surface area contributed by atoms with Gasteiger partial charge in [0.25, 0.3) is 5.91 Å². The van der Waals surface area contributed by atoms with Crippen LogP contribution in [0.2, 0.25) is 0 Å². The van der Waals surface area contributed by atoms with Gasteiger partial charge in [0.2, 0.25) is 0 Å². The highest BCUT2D eigenvalue weighted by molar-refractivity contribution is 6.12. The van der Waals surface area contributed by atoms with E-state index in [2.05, 4.69) is 5.10 Å². The van der Waals surface area contributed by atoms with Crippen LogP contribution in [0.5, 0.6) is 0 Å². The van der Waals surface area contributed by atoms with Crippen molar-refractivity contribution in [2.24, 2.45) is 11.0 Å². The van der Waals surface area contributed by atoms with E-state index in [0.717, 1.165) is 12.8 Å². The molecular formula is C8H12N2O3. The van der Waals surface area contributed by atoms with Crippen LogP contribution in [0.1, 0.15) is 19.8 Å². The molecule has 1 rings (SSSR count). The van der Waals surface area contributed by atoms with Crippen molar-refractivity contribution in [3.8, 4) is 0 Å². The number of unbranched alkanes of at least 4 members (excludes halogenated alkanes) is 1. The largest absolute Gasteiger partial charge is 0.480 e. The first-order chi connectivity index (χ1) is 6.16. The standard InChI is InChI=1S/C8H12N2O3/c1-2-3-4-10-7(11)6(5-9-10)8(12)13/h5-6H,2-4H2,1H3,(H,12,13). The van der Waals surface area contributed by atoms with Crippen molar-refractivity contribution >= 4 is 18.1 Å². The average molecular weight is 184 g/mol. The SMILES string of the molecule is CCCCN1N=CC(C(=O)O)C1=O. The molecule has 0 saturated heterocycles. The number of aliphatic carboxylic acids is 1. The summed E-state index contributed by atoms with van der Waals surface area (Å²) >= 11 is 0. The molecule has 1 N–H and O–H groups in total. The summed E-state index contributed by atoms with van der Waals surface area (Å²) in [6, 6.07) is 0. The van der Waals surface area contributed by atoms with Gasteiger partial charge in [0, 0.05) is 12.8 Å². The van der Waals surface area contributed by atoms with E-state index in [1.807, 2.05) is 6.92 Å². The van der Waals surface area contributed by atoms with Crippen LogP contribution in [-0.4, -0.2) is 34.8 Å². The topological polar surface area (TPSA) is 70.0 Å². The highest BCUT2D eigenvalue weighted by Gasteiger charge is 2.33. The highest BCUT2D eigenvalue weighted by Crippen LogP contribution is 2.10. The molecule has 5 heteroatoms. The summed E-state index contributed by atoms with van der Waals surface area (Å²) in [5.41, 5.74) is 0. The van der Waals surface area contributed by atoms with Gasteiger partial charge in [-0.05, 0) is 6.42 Å². The molecule has 1 atom stereocenters. The minimum atomic E-state index is -1.13. The molecule has 1 unspecified atom stereocenters. The van der Waals surface area contributed by atoms with E-state index in [0.29, 0.717) is 6.54 Å². The second-order valence-electron chi connectivity index (χ2n) is 2.90. The summed E-state index contributed by atoms with van der Waals surface area (Å²) in [5, 5.41) is 13.5. The van der Waals surface area contributed by atoms with E-state index in [9.17, 15) is 9.59 Å². The predicted molar refractivity (Wildman–Crippen MR) is 46.2 cm³/mol. The summed E-state index contributed by atoms with van der Waals surface area (Å²) in [5.74, 6) is -2.63. The zero-order chi connectivity index (χ0) is 9.84. The third-order valence-corrected chi connectivity index (χ3v) is 1.87. The van der Waals surface area contributed by atoms with E-state index in [1.165, 1.54) is 11.2 Å². The number of carboxylic acid groups (broad SMARTS) is 1. The second kappa shape index (κ2) is 4.02. The molecule has 72 valence electrons. The van der Waals surface area contributed by atoms with Crippen LogP contribution in [0.15, 0.2) is 5.10 Å². The summed E-state index contributed by atoms with van der Waals surface area (Å²) < 4.78 is 0. The summed E-state index contributed by atoms with van der Waals surface area (Å²) in [4.78, 5) is 21.8. The van der Waals surface area contributed by atoms with Gasteiger partial charge in [0.05, 0.1) is 0 Å². The lowest BCUT2D eigenvalue weighted by Crippen LogP contribution is -2.31. The first kappa shape index (κ1) is 9.70. The number of nitrogens with zero attached hydrogens (tertiary/aromatic N) is 2. The molecule has 0 bridgehead atoms. The van der Waals surface area contributed by atoms with Gasteiger partial charge in [-0.1, -0.05) is 13.3 Å². The first-order valence-electron chi connectivity index (χ1n) is 4.25. The Labute approximate surface area is 76.0 Å². The highest BCUT2D eigenvalue weighted by atomic mass is 16.4. The molecule has 0 aromatic heterocycles. The van der Waals surface area contributed by atoms with E-state index in [1.54, 1.807) is 0 Å². The molecule has 0 saturated carbocycles. The fourth-order valence-electron chi connectivity index (χ4n) is 1.07. The van der Waals surface area contributed by atoms with Gasteiger partial charge >= 0.3 is 5.97 Å². The number of amides is 1. The molecule has 0 aromatic rings. The Morgan fingerprint density at radius 3 is 2.92 bits per heavy atom. The molecule has 0 fully saturated rings. The van der Waals surface area contributed by atoms with Crippen LogP contribution in [-0.2, 0) is 9.59 Å². The first-order valence-corrected chi connectivity index (χ1v) is 4.25. The maximum atomic E-state index is 11.3. The fourth-order valence-corrected chi connectivity index (χ4v) is 1.07. The Balaban J connectivity index is 2.51. The van der Waals surface area contributed by atoms with Crippen molar-refractivity contribution in [2.45, 2.75) is 19.8 Å². The fraction of sp³-hybridized carbons (Fsp3) is 0.625. The maximum absolute atomic E-state index is 11.3. The van der Waals surface area contributed by atoms with Crippen LogP contribution in [0.4, 0.5) is 0 Å². The quantitative estimate of drug-likeness (QED) is 0.639. The molecule has 1 amide bonds. The molecule has 0 aromatic carbocycles. The number of hydrogen-bond acceptors (Lipinski definition) is 3. The summed E-state index contributed by atoms with van der Waals surface area (Å²) in [7, 11) is 0. The van der Waals surface area contributed by atoms with Gasteiger partial charge in [-0.25, -0.2) is 5.01 Å². The van der Waals surface area contributed by atoms with Gasteiger partial charge in [-0.2, -0.15) is 5.10 Å². The van der Waals surface area contributed by atoms with E-state index >= 15 is 0 Å². The zero-order valence-corrected chi connectivity index (χ0v) is 7.43. The number of hydrazone groups is 1. The number of carboxylic acids is 1. The van der Waals surface area contributed by atoms with Crippen molar-refractivity contribution in [1.29, 1.82) is 0 Å². The Hall–Kier alpha value is -1.39. The van der Waals surface area contributed by atoms with Gasteiger partial charge in [0.15, 0.2) is 5.92 Å². The Kier molecular flexibility index (Phi) is 3.00. The molecular weight excluding hydrogens is 172 g/mol. The average Bonchev–Trinajstić information content (AvgIpc) is 2.43. The maximum Gasteiger partial charge on any atom is 0.321 e. The lowest BCUT2D eigenvalue weighted by Gasteiger charge is -2.11. The van der Waals surface area contributed by atoms with Crippen molar-refractivity contribution in [1.82, 2.24) is 5.01 Å². The second-order valence-corrected chi connectivity index (χ2v) is 2.90.